The first-order valence-electron chi connectivity index (χ1n) is 6.59. The van der Waals surface area contributed by atoms with Crippen molar-refractivity contribution in [1.82, 2.24) is 0 Å². The summed E-state index contributed by atoms with van der Waals surface area (Å²) in [5.41, 5.74) is 4.91. The van der Waals surface area contributed by atoms with Crippen LogP contribution in [0.1, 0.15) is 30.5 Å². The third-order valence-electron chi connectivity index (χ3n) is 2.89. The van der Waals surface area contributed by atoms with E-state index in [4.69, 9.17) is 0 Å². The molecule has 0 heteroatoms. The minimum absolute atomic E-state index is 1.11. The Morgan fingerprint density at radius 1 is 1.00 bits per heavy atom. The second-order valence-corrected chi connectivity index (χ2v) is 4.45. The predicted octanol–water partition coefficient (Wildman–Crippen LogP) is 5.61. The molecule has 0 saturated carbocycles. The van der Waals surface area contributed by atoms with Gasteiger partial charge in [-0.05, 0) is 30.0 Å². The Morgan fingerprint density at radius 2 is 1.58 bits per heavy atom. The van der Waals surface area contributed by atoms with Crippen molar-refractivity contribution in [2.75, 3.05) is 0 Å². The Kier molecular flexibility index (Phi) is 6.38. The molecule has 0 aliphatic carbocycles. The smallest absolute Gasteiger partial charge is 0.0233 e. The third-order valence-corrected chi connectivity index (χ3v) is 2.89. The molecule has 2 aromatic carbocycles. The van der Waals surface area contributed by atoms with Crippen molar-refractivity contribution in [1.29, 1.82) is 0 Å². The van der Waals surface area contributed by atoms with Crippen LogP contribution in [0.4, 0.5) is 0 Å². The first-order valence-corrected chi connectivity index (χ1v) is 6.59. The van der Waals surface area contributed by atoms with Crippen LogP contribution < -0.4 is 0 Å². The van der Waals surface area contributed by atoms with Gasteiger partial charge in [-0.2, -0.15) is 0 Å². The molecule has 0 spiro atoms. The van der Waals surface area contributed by atoms with Crippen molar-refractivity contribution in [3.8, 4) is 0 Å². The lowest BCUT2D eigenvalue weighted by atomic mass is 10.1. The minimum Gasteiger partial charge on any atom is -0.0985 e. The topological polar surface area (TPSA) is 0 Å². The van der Waals surface area contributed by atoms with Gasteiger partial charge >= 0.3 is 0 Å². The average molecular weight is 250 g/mol. The highest BCUT2D eigenvalue weighted by Crippen LogP contribution is 2.08. The predicted molar refractivity (Wildman–Crippen MR) is 87.1 cm³/mol. The molecule has 2 rings (SSSR count). The molecule has 0 aliphatic rings. The zero-order chi connectivity index (χ0) is 14.1. The van der Waals surface area contributed by atoms with Gasteiger partial charge in [0.25, 0.3) is 0 Å². The molecule has 0 atom stereocenters. The van der Waals surface area contributed by atoms with Crippen LogP contribution in [0.2, 0.25) is 0 Å². The zero-order valence-corrected chi connectivity index (χ0v) is 11.9. The van der Waals surface area contributed by atoms with E-state index in [1.54, 1.807) is 0 Å². The Labute approximate surface area is 117 Å². The van der Waals surface area contributed by atoms with Gasteiger partial charge in [0.05, 0.1) is 0 Å². The van der Waals surface area contributed by atoms with Gasteiger partial charge in [0.2, 0.25) is 0 Å². The number of aryl methyl sites for hydroxylation is 1. The summed E-state index contributed by atoms with van der Waals surface area (Å²) in [6.07, 6.45) is 2.97. The first kappa shape index (κ1) is 15.0. The van der Waals surface area contributed by atoms with Crippen LogP contribution in [0.15, 0.2) is 67.8 Å². The van der Waals surface area contributed by atoms with Gasteiger partial charge < -0.3 is 0 Å². The molecule has 98 valence electrons. The maximum Gasteiger partial charge on any atom is -0.0233 e. The van der Waals surface area contributed by atoms with Crippen LogP contribution in [-0.2, 0) is 6.42 Å². The fourth-order valence-electron chi connectivity index (χ4n) is 1.61. The number of rotatable bonds is 3. The SMILES string of the molecule is C=C(C)c1ccccc1.C=Cc1ccc(CC)cc1. The summed E-state index contributed by atoms with van der Waals surface area (Å²) in [7, 11) is 0. The van der Waals surface area contributed by atoms with E-state index in [-0.39, 0.29) is 0 Å². The molecule has 2 aromatic rings. The monoisotopic (exact) mass is 250 g/mol. The summed E-state index contributed by atoms with van der Waals surface area (Å²) < 4.78 is 0. The Bertz CT molecular complexity index is 503. The summed E-state index contributed by atoms with van der Waals surface area (Å²) in [5, 5.41) is 0. The molecule has 0 amide bonds. The Balaban J connectivity index is 0.000000191. The van der Waals surface area contributed by atoms with E-state index in [0.29, 0.717) is 0 Å². The van der Waals surface area contributed by atoms with Gasteiger partial charge in [-0.25, -0.2) is 0 Å². The van der Waals surface area contributed by atoms with Crippen molar-refractivity contribution in [2.45, 2.75) is 20.3 Å². The molecule has 0 heterocycles. The van der Waals surface area contributed by atoms with E-state index in [0.717, 1.165) is 12.0 Å². The lowest BCUT2D eigenvalue weighted by Gasteiger charge is -1.95. The maximum absolute atomic E-state index is 3.83. The molecule has 0 nitrogen and oxygen atoms in total. The molecule has 0 fully saturated rings. The molecule has 0 aliphatic heterocycles. The normalized spacial score (nSPS) is 9.16. The summed E-state index contributed by atoms with van der Waals surface area (Å²) in [6, 6.07) is 18.6. The average Bonchev–Trinajstić information content (AvgIpc) is 2.49. The Hall–Kier alpha value is -2.08. The van der Waals surface area contributed by atoms with Gasteiger partial charge in [-0.15, -0.1) is 0 Å². The van der Waals surface area contributed by atoms with E-state index in [9.17, 15) is 0 Å². The second kappa shape index (κ2) is 8.10. The molecule has 0 N–H and O–H groups in total. The van der Waals surface area contributed by atoms with Gasteiger partial charge in [0.1, 0.15) is 0 Å². The molecule has 0 bridgehead atoms. The molecular weight excluding hydrogens is 228 g/mol. The van der Waals surface area contributed by atoms with E-state index in [1.165, 1.54) is 16.7 Å². The largest absolute Gasteiger partial charge is 0.0985 e. The molecule has 0 unspecified atom stereocenters. The summed E-state index contributed by atoms with van der Waals surface area (Å²) in [6.45, 7) is 11.7. The number of hydrogen-bond acceptors (Lipinski definition) is 0. The van der Waals surface area contributed by atoms with E-state index in [2.05, 4.69) is 56.5 Å². The van der Waals surface area contributed by atoms with Crippen molar-refractivity contribution in [3.05, 3.63) is 84.4 Å². The van der Waals surface area contributed by atoms with Crippen molar-refractivity contribution in [2.24, 2.45) is 0 Å². The lowest BCUT2D eigenvalue weighted by molar-refractivity contribution is 1.14. The standard InChI is InChI=1S/C10H12.C9H10/c1-3-9-5-7-10(4-2)8-6-9;1-8(2)9-6-4-3-5-7-9/h3,5-8H,1,4H2,2H3;3-7H,1H2,2H3. The van der Waals surface area contributed by atoms with E-state index < -0.39 is 0 Å². The molecule has 0 saturated heterocycles. The van der Waals surface area contributed by atoms with Gasteiger partial charge in [0.15, 0.2) is 0 Å². The highest BCUT2D eigenvalue weighted by molar-refractivity contribution is 5.60. The van der Waals surface area contributed by atoms with Gasteiger partial charge in [-0.1, -0.05) is 86.3 Å². The quantitative estimate of drug-likeness (QED) is 0.664. The fraction of sp³-hybridized carbons (Fsp3) is 0.158. The highest BCUT2D eigenvalue weighted by atomic mass is 13.9. The first-order chi connectivity index (χ1) is 9.17. The van der Waals surface area contributed by atoms with Crippen LogP contribution in [0.25, 0.3) is 11.6 Å². The van der Waals surface area contributed by atoms with E-state index >= 15 is 0 Å². The van der Waals surface area contributed by atoms with Crippen LogP contribution in [0.3, 0.4) is 0 Å². The highest BCUT2D eigenvalue weighted by Gasteiger charge is 1.87. The van der Waals surface area contributed by atoms with Crippen LogP contribution in [-0.4, -0.2) is 0 Å². The van der Waals surface area contributed by atoms with Crippen molar-refractivity contribution >= 4 is 11.6 Å². The summed E-state index contributed by atoms with van der Waals surface area (Å²) in [5.74, 6) is 0. The Morgan fingerprint density at radius 3 is 1.95 bits per heavy atom. The van der Waals surface area contributed by atoms with Crippen molar-refractivity contribution in [3.63, 3.8) is 0 Å². The molecular formula is C19H22. The second-order valence-electron chi connectivity index (χ2n) is 4.45. The zero-order valence-electron chi connectivity index (χ0n) is 11.9. The molecule has 0 radical (unpaired) electrons. The van der Waals surface area contributed by atoms with E-state index in [1.807, 2.05) is 31.2 Å². The van der Waals surface area contributed by atoms with Crippen LogP contribution >= 0.6 is 0 Å². The number of hydrogen-bond donors (Lipinski definition) is 0. The summed E-state index contributed by atoms with van der Waals surface area (Å²) in [4.78, 5) is 0. The molecule has 19 heavy (non-hydrogen) atoms. The maximum atomic E-state index is 3.83. The fourth-order valence-corrected chi connectivity index (χ4v) is 1.61. The van der Waals surface area contributed by atoms with Crippen molar-refractivity contribution < 1.29 is 0 Å². The third kappa shape index (κ3) is 5.39. The van der Waals surface area contributed by atoms with Crippen LogP contribution in [0.5, 0.6) is 0 Å². The van der Waals surface area contributed by atoms with Gasteiger partial charge in [0, 0.05) is 0 Å². The molecule has 0 aromatic heterocycles. The summed E-state index contributed by atoms with van der Waals surface area (Å²) >= 11 is 0. The minimum atomic E-state index is 1.11. The number of benzene rings is 2. The lowest BCUT2D eigenvalue weighted by Crippen LogP contribution is -1.78. The van der Waals surface area contributed by atoms with Gasteiger partial charge in [-0.3, -0.25) is 0 Å². The van der Waals surface area contributed by atoms with Crippen LogP contribution in [0, 0.1) is 0 Å². The number of allylic oxidation sites excluding steroid dienone is 1.